The maximum atomic E-state index is 11.7. The lowest BCUT2D eigenvalue weighted by Gasteiger charge is -1.99. The van der Waals surface area contributed by atoms with Crippen LogP contribution in [0.25, 0.3) is 0 Å². The lowest BCUT2D eigenvalue weighted by Crippen LogP contribution is -2.15. The Kier molecular flexibility index (Phi) is 2.59. The first-order valence-electron chi connectivity index (χ1n) is 4.84. The van der Waals surface area contributed by atoms with Gasteiger partial charge in [0.2, 0.25) is 0 Å². The van der Waals surface area contributed by atoms with Crippen molar-refractivity contribution in [2.45, 2.75) is 13.5 Å². The Balaban J connectivity index is 2.17. The lowest BCUT2D eigenvalue weighted by molar-refractivity contribution is 0.102. The van der Waals surface area contributed by atoms with Crippen LogP contribution in [0.2, 0.25) is 0 Å². The van der Waals surface area contributed by atoms with E-state index >= 15 is 0 Å². The van der Waals surface area contributed by atoms with Gasteiger partial charge in [-0.2, -0.15) is 10.2 Å². The number of nitrogens with one attached hydrogen (secondary N) is 2. The van der Waals surface area contributed by atoms with Crippen LogP contribution in [0, 0.1) is 0 Å². The van der Waals surface area contributed by atoms with E-state index in [2.05, 4.69) is 20.6 Å². The lowest BCUT2D eigenvalue weighted by atomic mass is 10.3. The van der Waals surface area contributed by atoms with Crippen molar-refractivity contribution in [1.29, 1.82) is 0 Å². The summed E-state index contributed by atoms with van der Waals surface area (Å²) in [5.74, 6) is 0.157. The van der Waals surface area contributed by atoms with Crippen LogP contribution in [0.15, 0.2) is 18.5 Å². The van der Waals surface area contributed by atoms with E-state index in [0.29, 0.717) is 18.1 Å². The van der Waals surface area contributed by atoms with Crippen molar-refractivity contribution in [3.63, 3.8) is 0 Å². The summed E-state index contributed by atoms with van der Waals surface area (Å²) in [6.07, 6.45) is 3.17. The molecule has 0 aromatic carbocycles. The summed E-state index contributed by atoms with van der Waals surface area (Å²) in [5, 5.41) is 13.0. The van der Waals surface area contributed by atoms with Crippen LogP contribution in [0.1, 0.15) is 17.4 Å². The van der Waals surface area contributed by atoms with Gasteiger partial charge in [0.25, 0.3) is 5.91 Å². The predicted octanol–water partition coefficient (Wildman–Crippen LogP) is 0.461. The van der Waals surface area contributed by atoms with Gasteiger partial charge in [-0.3, -0.25) is 14.6 Å². The zero-order valence-corrected chi connectivity index (χ0v) is 8.77. The number of anilines is 2. The van der Waals surface area contributed by atoms with E-state index in [0.717, 1.165) is 0 Å². The fourth-order valence-corrected chi connectivity index (χ4v) is 1.28. The monoisotopic (exact) mass is 220 g/mol. The minimum Gasteiger partial charge on any atom is -0.396 e. The van der Waals surface area contributed by atoms with Crippen LogP contribution >= 0.6 is 0 Å². The number of aromatic amines is 1. The second kappa shape index (κ2) is 4.05. The van der Waals surface area contributed by atoms with Gasteiger partial charge in [-0.25, -0.2) is 0 Å². The average Bonchev–Trinajstić information content (AvgIpc) is 2.87. The SMILES string of the molecule is CCn1cc(N)c(C(=O)Nc2ccn[nH]2)n1. The number of H-pyrrole nitrogens is 1. The fraction of sp³-hybridized carbons (Fsp3) is 0.222. The molecule has 7 heteroatoms. The van der Waals surface area contributed by atoms with Gasteiger partial charge >= 0.3 is 0 Å². The maximum absolute atomic E-state index is 11.7. The molecule has 0 radical (unpaired) electrons. The molecule has 2 heterocycles. The second-order valence-electron chi connectivity index (χ2n) is 3.21. The average molecular weight is 220 g/mol. The van der Waals surface area contributed by atoms with E-state index in [1.807, 2.05) is 6.92 Å². The minimum absolute atomic E-state index is 0.219. The number of aromatic nitrogens is 4. The van der Waals surface area contributed by atoms with E-state index in [1.54, 1.807) is 23.1 Å². The minimum atomic E-state index is -0.353. The van der Waals surface area contributed by atoms with Crippen molar-refractivity contribution >= 4 is 17.4 Å². The molecule has 4 N–H and O–H groups in total. The number of nitrogens with zero attached hydrogens (tertiary/aromatic N) is 3. The van der Waals surface area contributed by atoms with Crippen LogP contribution in [-0.2, 0) is 6.54 Å². The number of aryl methyl sites for hydroxylation is 1. The number of carbonyl (C=O) groups is 1. The number of rotatable bonds is 3. The van der Waals surface area contributed by atoms with Crippen molar-refractivity contribution in [1.82, 2.24) is 20.0 Å². The molecule has 0 saturated carbocycles. The van der Waals surface area contributed by atoms with Crippen LogP contribution in [-0.4, -0.2) is 25.9 Å². The third-order valence-electron chi connectivity index (χ3n) is 2.08. The Hall–Kier alpha value is -2.31. The summed E-state index contributed by atoms with van der Waals surface area (Å²) in [6.45, 7) is 2.59. The molecule has 84 valence electrons. The topological polar surface area (TPSA) is 102 Å². The van der Waals surface area contributed by atoms with Gasteiger partial charge in [-0.05, 0) is 6.92 Å². The van der Waals surface area contributed by atoms with Crippen LogP contribution < -0.4 is 11.1 Å². The first kappa shape index (κ1) is 10.2. The highest BCUT2D eigenvalue weighted by Crippen LogP contribution is 2.11. The molecule has 2 aromatic rings. The molecule has 1 amide bonds. The van der Waals surface area contributed by atoms with Crippen molar-refractivity contribution in [2.24, 2.45) is 0 Å². The molecule has 16 heavy (non-hydrogen) atoms. The Bertz CT molecular complexity index is 486. The van der Waals surface area contributed by atoms with Crippen molar-refractivity contribution in [3.8, 4) is 0 Å². The van der Waals surface area contributed by atoms with E-state index in [1.165, 1.54) is 0 Å². The largest absolute Gasteiger partial charge is 0.396 e. The predicted molar refractivity (Wildman–Crippen MR) is 58.9 cm³/mol. The molecule has 0 fully saturated rings. The molecule has 2 aromatic heterocycles. The summed E-state index contributed by atoms with van der Waals surface area (Å²) >= 11 is 0. The molecule has 0 unspecified atom stereocenters. The molecule has 0 aliphatic carbocycles. The summed E-state index contributed by atoms with van der Waals surface area (Å²) in [6, 6.07) is 1.64. The van der Waals surface area contributed by atoms with Gasteiger partial charge < -0.3 is 11.1 Å². The number of nitrogens with two attached hydrogens (primary N) is 1. The molecule has 0 spiro atoms. The van der Waals surface area contributed by atoms with E-state index in [-0.39, 0.29) is 11.6 Å². The van der Waals surface area contributed by atoms with Crippen LogP contribution in [0.4, 0.5) is 11.5 Å². The summed E-state index contributed by atoms with van der Waals surface area (Å²) in [4.78, 5) is 11.7. The zero-order chi connectivity index (χ0) is 11.5. The van der Waals surface area contributed by atoms with E-state index in [4.69, 9.17) is 5.73 Å². The normalized spacial score (nSPS) is 10.3. The van der Waals surface area contributed by atoms with Crippen LogP contribution in [0.5, 0.6) is 0 Å². The third-order valence-corrected chi connectivity index (χ3v) is 2.08. The zero-order valence-electron chi connectivity index (χ0n) is 8.77. The van der Waals surface area contributed by atoms with Gasteiger partial charge in [-0.1, -0.05) is 0 Å². The van der Waals surface area contributed by atoms with Gasteiger partial charge in [0, 0.05) is 18.8 Å². The van der Waals surface area contributed by atoms with Crippen molar-refractivity contribution < 1.29 is 4.79 Å². The van der Waals surface area contributed by atoms with Gasteiger partial charge in [-0.15, -0.1) is 0 Å². The smallest absolute Gasteiger partial charge is 0.279 e. The molecule has 7 nitrogen and oxygen atoms in total. The highest BCUT2D eigenvalue weighted by molar-refractivity contribution is 6.05. The van der Waals surface area contributed by atoms with Gasteiger partial charge in [0.05, 0.1) is 11.9 Å². The molecular formula is C9H12N6O. The highest BCUT2D eigenvalue weighted by atomic mass is 16.2. The number of carbonyl (C=O) groups excluding carboxylic acids is 1. The number of nitrogen functional groups attached to an aromatic ring is 1. The number of amides is 1. The van der Waals surface area contributed by atoms with E-state index < -0.39 is 0 Å². The number of hydrogen-bond donors (Lipinski definition) is 3. The van der Waals surface area contributed by atoms with Crippen LogP contribution in [0.3, 0.4) is 0 Å². The third kappa shape index (κ3) is 1.88. The molecule has 0 bridgehead atoms. The first-order valence-corrected chi connectivity index (χ1v) is 4.84. The van der Waals surface area contributed by atoms with Crippen molar-refractivity contribution in [3.05, 3.63) is 24.2 Å². The molecule has 0 saturated heterocycles. The molecule has 2 rings (SSSR count). The Morgan fingerprint density at radius 1 is 1.69 bits per heavy atom. The first-order chi connectivity index (χ1) is 7.70. The quantitative estimate of drug-likeness (QED) is 0.699. The maximum Gasteiger partial charge on any atom is 0.279 e. The number of hydrogen-bond acceptors (Lipinski definition) is 4. The Labute approximate surface area is 91.6 Å². The van der Waals surface area contributed by atoms with Gasteiger partial charge in [0.1, 0.15) is 5.82 Å². The highest BCUT2D eigenvalue weighted by Gasteiger charge is 2.14. The van der Waals surface area contributed by atoms with Crippen molar-refractivity contribution in [2.75, 3.05) is 11.1 Å². The molecular weight excluding hydrogens is 208 g/mol. The van der Waals surface area contributed by atoms with Gasteiger partial charge in [0.15, 0.2) is 5.69 Å². The standard InChI is InChI=1S/C9H12N6O/c1-2-15-5-6(10)8(14-15)9(16)12-7-3-4-11-13-7/h3-5H,2,10H2,1H3,(H2,11,12,13,16). The molecule has 0 aliphatic heterocycles. The fourth-order valence-electron chi connectivity index (χ4n) is 1.28. The van der Waals surface area contributed by atoms with E-state index in [9.17, 15) is 4.79 Å². The summed E-state index contributed by atoms with van der Waals surface area (Å²) < 4.78 is 1.61. The Morgan fingerprint density at radius 3 is 3.06 bits per heavy atom. The summed E-state index contributed by atoms with van der Waals surface area (Å²) in [7, 11) is 0. The molecule has 0 aliphatic rings. The summed E-state index contributed by atoms with van der Waals surface area (Å²) in [5.41, 5.74) is 6.26. The molecule has 0 atom stereocenters. The Morgan fingerprint density at radius 2 is 2.50 bits per heavy atom. The second-order valence-corrected chi connectivity index (χ2v) is 3.21.